The molecule has 4 heteroatoms. The van der Waals surface area contributed by atoms with E-state index in [4.69, 9.17) is 16.2 Å². The van der Waals surface area contributed by atoms with Gasteiger partial charge < -0.3 is 16.2 Å². The Bertz CT molecular complexity index is 181. The van der Waals surface area contributed by atoms with Crippen molar-refractivity contribution in [3.63, 3.8) is 0 Å². The maximum absolute atomic E-state index is 10.9. The summed E-state index contributed by atoms with van der Waals surface area (Å²) in [7, 11) is 0. The van der Waals surface area contributed by atoms with Crippen molar-refractivity contribution < 1.29 is 9.53 Å². The Balaban J connectivity index is 3.81. The molecule has 0 bridgehead atoms. The van der Waals surface area contributed by atoms with E-state index in [1.807, 2.05) is 6.92 Å². The first kappa shape index (κ1) is 13.4. The van der Waals surface area contributed by atoms with Crippen molar-refractivity contribution in [1.29, 1.82) is 0 Å². The largest absolute Gasteiger partial charge is 0.378 e. The first-order valence-corrected chi connectivity index (χ1v) is 5.10. The molecule has 0 aromatic heterocycles. The zero-order chi connectivity index (χ0) is 11.2. The van der Waals surface area contributed by atoms with Crippen molar-refractivity contribution in [2.45, 2.75) is 51.7 Å². The Morgan fingerprint density at radius 3 is 2.57 bits per heavy atom. The van der Waals surface area contributed by atoms with Crippen LogP contribution in [0.15, 0.2) is 0 Å². The van der Waals surface area contributed by atoms with E-state index in [-0.39, 0.29) is 6.10 Å². The van der Waals surface area contributed by atoms with Gasteiger partial charge in [-0.25, -0.2) is 0 Å². The molecule has 84 valence electrons. The van der Waals surface area contributed by atoms with Gasteiger partial charge in [-0.3, -0.25) is 4.79 Å². The number of nitrogens with two attached hydrogens (primary N) is 2. The van der Waals surface area contributed by atoms with Crippen LogP contribution in [-0.2, 0) is 9.53 Å². The van der Waals surface area contributed by atoms with E-state index in [1.54, 1.807) is 6.92 Å². The predicted molar refractivity (Wildman–Crippen MR) is 56.7 cm³/mol. The summed E-state index contributed by atoms with van der Waals surface area (Å²) in [5, 5.41) is 0. The molecule has 0 radical (unpaired) electrons. The summed E-state index contributed by atoms with van der Waals surface area (Å²) in [5.41, 5.74) is 9.90. The van der Waals surface area contributed by atoms with Gasteiger partial charge in [0, 0.05) is 6.61 Å². The minimum atomic E-state index is -0.967. The van der Waals surface area contributed by atoms with Crippen LogP contribution in [0, 0.1) is 0 Å². The molecule has 0 saturated carbocycles. The molecule has 4 N–H and O–H groups in total. The van der Waals surface area contributed by atoms with Crippen LogP contribution in [0.25, 0.3) is 0 Å². The zero-order valence-electron chi connectivity index (χ0n) is 9.38. The number of hydrogen-bond donors (Lipinski definition) is 2. The highest BCUT2D eigenvalue weighted by atomic mass is 16.5. The van der Waals surface area contributed by atoms with Gasteiger partial charge >= 0.3 is 0 Å². The summed E-state index contributed by atoms with van der Waals surface area (Å²) < 4.78 is 5.48. The Kier molecular flexibility index (Phi) is 5.72. The fourth-order valence-corrected chi connectivity index (χ4v) is 1.19. The molecular formula is C10H22N2O2. The highest BCUT2D eigenvalue weighted by Crippen LogP contribution is 2.11. The Morgan fingerprint density at radius 1 is 1.57 bits per heavy atom. The molecule has 0 aliphatic rings. The van der Waals surface area contributed by atoms with Crippen LogP contribution in [0.4, 0.5) is 0 Å². The van der Waals surface area contributed by atoms with Crippen LogP contribution >= 0.6 is 0 Å². The summed E-state index contributed by atoms with van der Waals surface area (Å²) in [6, 6.07) is 0. The molecule has 0 saturated heterocycles. The summed E-state index contributed by atoms with van der Waals surface area (Å²) in [6.07, 6.45) is 2.57. The lowest BCUT2D eigenvalue weighted by atomic mass is 9.95. The number of rotatable bonds is 7. The average Bonchev–Trinajstić information content (AvgIpc) is 2.03. The zero-order valence-corrected chi connectivity index (χ0v) is 9.38. The van der Waals surface area contributed by atoms with Crippen LogP contribution in [0.2, 0.25) is 0 Å². The van der Waals surface area contributed by atoms with Gasteiger partial charge in [-0.1, -0.05) is 13.3 Å². The van der Waals surface area contributed by atoms with E-state index < -0.39 is 11.4 Å². The lowest BCUT2D eigenvalue weighted by molar-refractivity contribution is -0.124. The molecule has 2 unspecified atom stereocenters. The van der Waals surface area contributed by atoms with Crippen LogP contribution in [0.3, 0.4) is 0 Å². The topological polar surface area (TPSA) is 78.3 Å². The second-order valence-electron chi connectivity index (χ2n) is 4.02. The number of carbonyl (C=O) groups excluding carboxylic acids is 1. The molecule has 14 heavy (non-hydrogen) atoms. The average molecular weight is 202 g/mol. The maximum atomic E-state index is 10.9. The van der Waals surface area contributed by atoms with Gasteiger partial charge in [0.1, 0.15) is 0 Å². The third-order valence-corrected chi connectivity index (χ3v) is 2.17. The molecule has 0 fully saturated rings. The monoisotopic (exact) mass is 202 g/mol. The normalized spacial score (nSPS) is 17.4. The Labute approximate surface area is 86.0 Å². The van der Waals surface area contributed by atoms with E-state index in [0.29, 0.717) is 13.0 Å². The van der Waals surface area contributed by atoms with E-state index >= 15 is 0 Å². The molecule has 4 nitrogen and oxygen atoms in total. The molecule has 0 aliphatic carbocycles. The third kappa shape index (κ3) is 5.19. The highest BCUT2D eigenvalue weighted by Gasteiger charge is 2.28. The van der Waals surface area contributed by atoms with Gasteiger partial charge in [-0.15, -0.1) is 0 Å². The number of amides is 1. The maximum Gasteiger partial charge on any atom is 0.237 e. The second-order valence-corrected chi connectivity index (χ2v) is 4.02. The van der Waals surface area contributed by atoms with Gasteiger partial charge in [0.15, 0.2) is 0 Å². The lowest BCUT2D eigenvalue weighted by Crippen LogP contribution is -2.51. The first-order valence-electron chi connectivity index (χ1n) is 5.10. The summed E-state index contributed by atoms with van der Waals surface area (Å²) in [6.45, 7) is 6.36. The molecular weight excluding hydrogens is 180 g/mol. The molecule has 1 amide bonds. The highest BCUT2D eigenvalue weighted by molar-refractivity contribution is 5.83. The molecule has 0 rings (SSSR count). The van der Waals surface area contributed by atoms with E-state index in [0.717, 1.165) is 12.8 Å². The molecule has 0 aromatic carbocycles. The Morgan fingerprint density at radius 2 is 2.14 bits per heavy atom. The van der Waals surface area contributed by atoms with Gasteiger partial charge in [-0.05, 0) is 26.7 Å². The van der Waals surface area contributed by atoms with Gasteiger partial charge in [0.25, 0.3) is 0 Å². The first-order chi connectivity index (χ1) is 6.40. The van der Waals surface area contributed by atoms with E-state index in [9.17, 15) is 4.79 Å². The van der Waals surface area contributed by atoms with Gasteiger partial charge in [0.05, 0.1) is 11.6 Å². The van der Waals surface area contributed by atoms with Crippen molar-refractivity contribution in [2.75, 3.05) is 6.61 Å². The fraction of sp³-hybridized carbons (Fsp3) is 0.900. The smallest absolute Gasteiger partial charge is 0.237 e. The number of carbonyl (C=O) groups is 1. The number of ether oxygens (including phenoxy) is 1. The van der Waals surface area contributed by atoms with Crippen molar-refractivity contribution in [1.82, 2.24) is 0 Å². The molecule has 0 spiro atoms. The van der Waals surface area contributed by atoms with Crippen LogP contribution in [-0.4, -0.2) is 24.2 Å². The second kappa shape index (κ2) is 5.98. The fourth-order valence-electron chi connectivity index (χ4n) is 1.19. The predicted octanol–water partition coefficient (Wildman–Crippen LogP) is 0.784. The number of hydrogen-bond acceptors (Lipinski definition) is 3. The summed E-state index contributed by atoms with van der Waals surface area (Å²) in [5.74, 6) is -0.483. The van der Waals surface area contributed by atoms with Crippen LogP contribution in [0.5, 0.6) is 0 Å². The van der Waals surface area contributed by atoms with E-state index in [2.05, 4.69) is 6.92 Å². The number of primary amides is 1. The lowest BCUT2D eigenvalue weighted by Gasteiger charge is -2.24. The molecule has 0 heterocycles. The minimum Gasteiger partial charge on any atom is -0.378 e. The van der Waals surface area contributed by atoms with Crippen molar-refractivity contribution in [3.8, 4) is 0 Å². The molecule has 2 atom stereocenters. The van der Waals surface area contributed by atoms with Crippen molar-refractivity contribution in [3.05, 3.63) is 0 Å². The Hall–Kier alpha value is -0.610. The SMILES string of the molecule is CCCCOC(C)CC(C)(N)C(N)=O. The quantitative estimate of drug-likeness (QED) is 0.599. The third-order valence-electron chi connectivity index (χ3n) is 2.17. The molecule has 0 aliphatic heterocycles. The summed E-state index contributed by atoms with van der Waals surface area (Å²) in [4.78, 5) is 10.9. The van der Waals surface area contributed by atoms with Crippen LogP contribution in [0.1, 0.15) is 40.0 Å². The number of unbranched alkanes of at least 4 members (excludes halogenated alkanes) is 1. The van der Waals surface area contributed by atoms with Gasteiger partial charge in [0.2, 0.25) is 5.91 Å². The van der Waals surface area contributed by atoms with E-state index in [1.165, 1.54) is 0 Å². The van der Waals surface area contributed by atoms with Crippen molar-refractivity contribution >= 4 is 5.91 Å². The minimum absolute atomic E-state index is 0.0240. The summed E-state index contributed by atoms with van der Waals surface area (Å²) >= 11 is 0. The standard InChI is InChI=1S/C10H22N2O2/c1-4-5-6-14-8(2)7-10(3,12)9(11)13/h8H,4-7,12H2,1-3H3,(H2,11,13). The molecule has 0 aromatic rings. The van der Waals surface area contributed by atoms with Crippen molar-refractivity contribution in [2.24, 2.45) is 11.5 Å². The van der Waals surface area contributed by atoms with Crippen LogP contribution < -0.4 is 11.5 Å². The van der Waals surface area contributed by atoms with Gasteiger partial charge in [-0.2, -0.15) is 0 Å².